The monoisotopic (exact) mass is 294 g/mol. The van der Waals surface area contributed by atoms with Crippen LogP contribution in [0.5, 0.6) is 5.75 Å². The highest BCUT2D eigenvalue weighted by Gasteiger charge is 2.09. The molecular formula is C11H10N4O2S2. The average molecular weight is 294 g/mol. The van der Waals surface area contributed by atoms with Crippen LogP contribution in [-0.2, 0) is 0 Å². The van der Waals surface area contributed by atoms with Gasteiger partial charge in [0.25, 0.3) is 5.91 Å². The number of hydrogen-bond donors (Lipinski definition) is 2. The predicted octanol–water partition coefficient (Wildman–Crippen LogP) is 1.46. The van der Waals surface area contributed by atoms with Crippen LogP contribution in [0.1, 0.15) is 9.67 Å². The number of rotatable bonds is 5. The van der Waals surface area contributed by atoms with Crippen molar-refractivity contribution < 1.29 is 9.53 Å². The van der Waals surface area contributed by atoms with Crippen LogP contribution in [0.25, 0.3) is 0 Å². The maximum absolute atomic E-state index is 11.8. The van der Waals surface area contributed by atoms with E-state index >= 15 is 0 Å². The van der Waals surface area contributed by atoms with Gasteiger partial charge in [0, 0.05) is 11.8 Å². The normalized spacial score (nSPS) is 9.89. The molecule has 0 bridgehead atoms. The largest absolute Gasteiger partial charge is 0.486 e. The van der Waals surface area contributed by atoms with Crippen molar-refractivity contribution >= 4 is 40.3 Å². The molecule has 0 saturated carbocycles. The number of benzene rings is 1. The van der Waals surface area contributed by atoms with E-state index in [1.54, 1.807) is 24.3 Å². The van der Waals surface area contributed by atoms with Gasteiger partial charge in [0.05, 0.1) is 6.20 Å². The molecule has 1 amide bonds. The van der Waals surface area contributed by atoms with Crippen molar-refractivity contribution in [3.8, 4) is 5.75 Å². The number of hydrogen-bond acceptors (Lipinski definition) is 6. The molecular weight excluding hydrogens is 284 g/mol. The predicted molar refractivity (Wildman–Crippen MR) is 76.6 cm³/mol. The lowest BCUT2D eigenvalue weighted by atomic mass is 10.3. The second-order valence-corrected chi connectivity index (χ2v) is 4.83. The van der Waals surface area contributed by atoms with E-state index in [0.29, 0.717) is 16.3 Å². The van der Waals surface area contributed by atoms with Gasteiger partial charge in [0.2, 0.25) is 0 Å². The molecule has 6 nitrogen and oxygen atoms in total. The summed E-state index contributed by atoms with van der Waals surface area (Å²) in [6, 6.07) is 6.95. The smallest absolute Gasteiger partial charge is 0.269 e. The van der Waals surface area contributed by atoms with Gasteiger partial charge in [-0.25, -0.2) is 0 Å². The van der Waals surface area contributed by atoms with E-state index in [1.165, 1.54) is 6.20 Å². The number of anilines is 1. The summed E-state index contributed by atoms with van der Waals surface area (Å²) in [4.78, 5) is 12.5. The molecule has 0 saturated heterocycles. The number of ether oxygens (including phenoxy) is 1. The number of nitrogens with one attached hydrogen (secondary N) is 1. The quantitative estimate of drug-likeness (QED) is 0.811. The lowest BCUT2D eigenvalue weighted by Crippen LogP contribution is -2.18. The molecule has 1 aromatic heterocycles. The summed E-state index contributed by atoms with van der Waals surface area (Å²) in [6.07, 6.45) is 1.41. The van der Waals surface area contributed by atoms with E-state index in [9.17, 15) is 4.79 Å². The molecule has 3 N–H and O–H groups in total. The minimum Gasteiger partial charge on any atom is -0.486 e. The van der Waals surface area contributed by atoms with Crippen LogP contribution in [-0.4, -0.2) is 27.1 Å². The van der Waals surface area contributed by atoms with Gasteiger partial charge in [-0.2, -0.15) is 0 Å². The first-order valence-corrected chi connectivity index (χ1v) is 6.43. The van der Waals surface area contributed by atoms with Crippen LogP contribution in [0.15, 0.2) is 30.5 Å². The lowest BCUT2D eigenvalue weighted by Gasteiger charge is -2.07. The minimum absolute atomic E-state index is 0.158. The van der Waals surface area contributed by atoms with Gasteiger partial charge in [0.1, 0.15) is 22.2 Å². The average Bonchev–Trinajstić information content (AvgIpc) is 2.91. The van der Waals surface area contributed by atoms with Crippen LogP contribution >= 0.6 is 23.8 Å². The van der Waals surface area contributed by atoms with Crippen molar-refractivity contribution in [3.63, 3.8) is 0 Å². The fourth-order valence-electron chi connectivity index (χ4n) is 1.28. The van der Waals surface area contributed by atoms with Gasteiger partial charge in [-0.3, -0.25) is 4.79 Å². The number of carbonyl (C=O) groups is 1. The van der Waals surface area contributed by atoms with E-state index in [0.717, 1.165) is 11.5 Å². The fourth-order valence-corrected chi connectivity index (χ4v) is 1.75. The summed E-state index contributed by atoms with van der Waals surface area (Å²) in [6.45, 7) is 0.158. The number of carbonyl (C=O) groups excluding carboxylic acids is 1. The summed E-state index contributed by atoms with van der Waals surface area (Å²) >= 11 is 5.75. The Balaban J connectivity index is 2.02. The highest BCUT2D eigenvalue weighted by molar-refractivity contribution is 7.80. The second-order valence-electron chi connectivity index (χ2n) is 3.52. The first-order valence-electron chi connectivity index (χ1n) is 5.25. The summed E-state index contributed by atoms with van der Waals surface area (Å²) in [5.74, 6) is 0.314. The Bertz CT molecular complexity index is 586. The van der Waals surface area contributed by atoms with Crippen LogP contribution in [0.2, 0.25) is 0 Å². The second kappa shape index (κ2) is 6.21. The number of amides is 1. The summed E-state index contributed by atoms with van der Waals surface area (Å²) in [7, 11) is 0. The Labute approximate surface area is 118 Å². The summed E-state index contributed by atoms with van der Waals surface area (Å²) < 4.78 is 8.97. The van der Waals surface area contributed by atoms with Crippen molar-refractivity contribution in [3.05, 3.63) is 35.3 Å². The molecule has 0 unspecified atom stereocenters. The zero-order valence-electron chi connectivity index (χ0n) is 9.70. The highest BCUT2D eigenvalue weighted by atomic mass is 32.1. The molecule has 0 aliphatic carbocycles. The number of nitrogens with two attached hydrogens (primary N) is 1. The van der Waals surface area contributed by atoms with Crippen LogP contribution in [0.3, 0.4) is 0 Å². The molecule has 0 atom stereocenters. The third-order valence-electron chi connectivity index (χ3n) is 2.06. The van der Waals surface area contributed by atoms with Gasteiger partial charge in [0.15, 0.2) is 0 Å². The molecule has 0 aliphatic rings. The Morgan fingerprint density at radius 2 is 2.37 bits per heavy atom. The van der Waals surface area contributed by atoms with Gasteiger partial charge in [-0.1, -0.05) is 22.8 Å². The zero-order chi connectivity index (χ0) is 13.7. The highest BCUT2D eigenvalue weighted by Crippen LogP contribution is 2.18. The standard InChI is InChI=1S/C11H10N4O2S2/c12-10(18)6-17-8-3-1-2-7(4-8)14-11(16)9-5-13-15-19-9/h1-5H,6H2,(H2,12,18)(H,14,16). The van der Waals surface area contributed by atoms with E-state index in [2.05, 4.69) is 14.9 Å². The number of thiocarbonyl (C=S) groups is 1. The molecule has 98 valence electrons. The molecule has 0 aliphatic heterocycles. The Hall–Kier alpha value is -2.06. The molecule has 19 heavy (non-hydrogen) atoms. The SMILES string of the molecule is NC(=S)COc1cccc(NC(=O)c2cnns2)c1. The molecule has 0 spiro atoms. The van der Waals surface area contributed by atoms with Crippen LogP contribution in [0.4, 0.5) is 5.69 Å². The summed E-state index contributed by atoms with van der Waals surface area (Å²) in [5.41, 5.74) is 5.96. The maximum Gasteiger partial charge on any atom is 0.269 e. The summed E-state index contributed by atoms with van der Waals surface area (Å²) in [5, 5.41) is 6.33. The number of aromatic nitrogens is 2. The maximum atomic E-state index is 11.8. The van der Waals surface area contributed by atoms with Gasteiger partial charge in [-0.15, -0.1) is 5.10 Å². The number of nitrogens with zero attached hydrogens (tertiary/aromatic N) is 2. The molecule has 0 radical (unpaired) electrons. The zero-order valence-corrected chi connectivity index (χ0v) is 11.3. The molecule has 1 heterocycles. The first kappa shape index (κ1) is 13.4. The van der Waals surface area contributed by atoms with E-state index in [4.69, 9.17) is 22.7 Å². The van der Waals surface area contributed by atoms with Crippen LogP contribution < -0.4 is 15.8 Å². The minimum atomic E-state index is -0.263. The third-order valence-corrected chi connectivity index (χ3v) is 2.84. The van der Waals surface area contributed by atoms with Crippen molar-refractivity contribution in [1.29, 1.82) is 0 Å². The van der Waals surface area contributed by atoms with E-state index in [-0.39, 0.29) is 17.5 Å². The lowest BCUT2D eigenvalue weighted by molar-refractivity contribution is 0.103. The Morgan fingerprint density at radius 3 is 3.05 bits per heavy atom. The molecule has 8 heteroatoms. The van der Waals surface area contributed by atoms with E-state index < -0.39 is 0 Å². The fraction of sp³-hybridized carbons (Fsp3) is 0.0909. The Morgan fingerprint density at radius 1 is 1.53 bits per heavy atom. The van der Waals surface area contributed by atoms with Crippen molar-refractivity contribution in [1.82, 2.24) is 9.59 Å². The molecule has 2 rings (SSSR count). The Kier molecular flexibility index (Phi) is 4.37. The topological polar surface area (TPSA) is 90.1 Å². The molecule has 1 aromatic carbocycles. The first-order chi connectivity index (χ1) is 9.15. The van der Waals surface area contributed by atoms with Crippen molar-refractivity contribution in [2.45, 2.75) is 0 Å². The third kappa shape index (κ3) is 3.97. The van der Waals surface area contributed by atoms with Crippen molar-refractivity contribution in [2.24, 2.45) is 5.73 Å². The van der Waals surface area contributed by atoms with Gasteiger partial charge >= 0.3 is 0 Å². The van der Waals surface area contributed by atoms with E-state index in [1.807, 2.05) is 0 Å². The van der Waals surface area contributed by atoms with Crippen molar-refractivity contribution in [2.75, 3.05) is 11.9 Å². The van der Waals surface area contributed by atoms with Gasteiger partial charge < -0.3 is 15.8 Å². The molecule has 2 aromatic rings. The molecule has 0 fully saturated rings. The van der Waals surface area contributed by atoms with Gasteiger partial charge in [-0.05, 0) is 23.7 Å². The van der Waals surface area contributed by atoms with Crippen LogP contribution in [0, 0.1) is 0 Å².